The van der Waals surface area contributed by atoms with E-state index in [1.807, 2.05) is 35.0 Å². The molecule has 0 aliphatic heterocycles. The number of fused-ring (bicyclic) bond motifs is 1. The maximum absolute atomic E-state index is 5.04. The van der Waals surface area contributed by atoms with Crippen molar-refractivity contribution in [1.29, 1.82) is 0 Å². The summed E-state index contributed by atoms with van der Waals surface area (Å²) in [5.74, 6) is 0.804. The van der Waals surface area contributed by atoms with Gasteiger partial charge in [-0.05, 0) is 18.6 Å². The molecular formula is C15H17N5O. The van der Waals surface area contributed by atoms with E-state index < -0.39 is 0 Å². The molecule has 6 heteroatoms. The Balaban J connectivity index is 1.89. The van der Waals surface area contributed by atoms with Crippen LogP contribution in [0.15, 0.2) is 42.9 Å². The molecule has 0 spiro atoms. The van der Waals surface area contributed by atoms with E-state index in [2.05, 4.69) is 20.4 Å². The van der Waals surface area contributed by atoms with Gasteiger partial charge in [0.25, 0.3) is 0 Å². The van der Waals surface area contributed by atoms with Crippen LogP contribution in [0.3, 0.4) is 0 Å². The quantitative estimate of drug-likeness (QED) is 0.703. The molecule has 3 aromatic rings. The number of para-hydroxylation sites is 1. The number of hydrogen-bond acceptors (Lipinski definition) is 5. The van der Waals surface area contributed by atoms with Crippen molar-refractivity contribution in [3.05, 3.63) is 42.9 Å². The Morgan fingerprint density at radius 3 is 2.86 bits per heavy atom. The minimum atomic E-state index is 0.727. The first-order valence-corrected chi connectivity index (χ1v) is 6.87. The summed E-state index contributed by atoms with van der Waals surface area (Å²) in [6.45, 7) is 1.53. The highest BCUT2D eigenvalue weighted by Gasteiger charge is 2.10. The zero-order chi connectivity index (χ0) is 14.5. The van der Waals surface area contributed by atoms with E-state index >= 15 is 0 Å². The lowest BCUT2D eigenvalue weighted by molar-refractivity contribution is 0.198. The van der Waals surface area contributed by atoms with Gasteiger partial charge in [0.2, 0.25) is 0 Å². The fraction of sp³-hybridized carbons (Fsp3) is 0.267. The Morgan fingerprint density at radius 2 is 2.05 bits per heavy atom. The van der Waals surface area contributed by atoms with Crippen molar-refractivity contribution in [2.24, 2.45) is 0 Å². The topological polar surface area (TPSA) is 64.9 Å². The average Bonchev–Trinajstić information content (AvgIpc) is 2.97. The number of anilines is 1. The van der Waals surface area contributed by atoms with E-state index in [-0.39, 0.29) is 0 Å². The van der Waals surface area contributed by atoms with Crippen molar-refractivity contribution in [1.82, 2.24) is 19.7 Å². The average molecular weight is 283 g/mol. The second-order valence-electron chi connectivity index (χ2n) is 4.62. The molecule has 21 heavy (non-hydrogen) atoms. The van der Waals surface area contributed by atoms with Gasteiger partial charge in [0.15, 0.2) is 5.65 Å². The van der Waals surface area contributed by atoms with Gasteiger partial charge < -0.3 is 10.1 Å². The standard InChI is InChI=1S/C15H17N5O/c1-21-9-5-8-16-14-13-10-19-20(15(13)18-11-17-14)12-6-3-2-4-7-12/h2-4,6-7,10-11H,5,8-9H2,1H3,(H,16,17,18). The number of aromatic nitrogens is 4. The third kappa shape index (κ3) is 2.85. The van der Waals surface area contributed by atoms with E-state index in [0.29, 0.717) is 0 Å². The maximum atomic E-state index is 5.04. The highest BCUT2D eigenvalue weighted by Crippen LogP contribution is 2.21. The van der Waals surface area contributed by atoms with Crippen LogP contribution in [0.2, 0.25) is 0 Å². The first-order chi connectivity index (χ1) is 10.4. The van der Waals surface area contributed by atoms with Crippen molar-refractivity contribution < 1.29 is 4.74 Å². The van der Waals surface area contributed by atoms with Crippen molar-refractivity contribution in [2.75, 3.05) is 25.6 Å². The van der Waals surface area contributed by atoms with Crippen LogP contribution < -0.4 is 5.32 Å². The Morgan fingerprint density at radius 1 is 1.19 bits per heavy atom. The van der Waals surface area contributed by atoms with Gasteiger partial charge in [0, 0.05) is 20.3 Å². The fourth-order valence-corrected chi connectivity index (χ4v) is 2.17. The summed E-state index contributed by atoms with van der Waals surface area (Å²) in [5, 5.41) is 8.64. The highest BCUT2D eigenvalue weighted by atomic mass is 16.5. The van der Waals surface area contributed by atoms with Gasteiger partial charge in [-0.2, -0.15) is 5.10 Å². The van der Waals surface area contributed by atoms with E-state index in [0.717, 1.165) is 42.1 Å². The SMILES string of the molecule is COCCCNc1ncnc2c1cnn2-c1ccccc1. The summed E-state index contributed by atoms with van der Waals surface area (Å²) in [6.07, 6.45) is 4.28. The Hall–Kier alpha value is -2.47. The van der Waals surface area contributed by atoms with Crippen LogP contribution in [-0.4, -0.2) is 40.0 Å². The second kappa shape index (κ2) is 6.32. The lowest BCUT2D eigenvalue weighted by atomic mass is 10.3. The molecule has 0 saturated heterocycles. The molecular weight excluding hydrogens is 266 g/mol. The van der Waals surface area contributed by atoms with Crippen molar-refractivity contribution in [3.8, 4) is 5.69 Å². The summed E-state index contributed by atoms with van der Waals surface area (Å²) < 4.78 is 6.86. The zero-order valence-corrected chi connectivity index (χ0v) is 11.9. The zero-order valence-electron chi connectivity index (χ0n) is 11.9. The van der Waals surface area contributed by atoms with E-state index in [1.165, 1.54) is 0 Å². The number of nitrogens with one attached hydrogen (secondary N) is 1. The smallest absolute Gasteiger partial charge is 0.168 e. The predicted molar refractivity (Wildman–Crippen MR) is 81.6 cm³/mol. The van der Waals surface area contributed by atoms with Crippen LogP contribution >= 0.6 is 0 Å². The number of hydrogen-bond donors (Lipinski definition) is 1. The van der Waals surface area contributed by atoms with Crippen LogP contribution in [0.25, 0.3) is 16.7 Å². The molecule has 1 aromatic carbocycles. The molecule has 3 rings (SSSR count). The van der Waals surface area contributed by atoms with E-state index in [4.69, 9.17) is 4.74 Å². The number of ether oxygens (including phenoxy) is 1. The molecule has 0 unspecified atom stereocenters. The first-order valence-electron chi connectivity index (χ1n) is 6.87. The number of rotatable bonds is 6. The molecule has 0 fully saturated rings. The summed E-state index contributed by atoms with van der Waals surface area (Å²) in [4.78, 5) is 8.64. The summed E-state index contributed by atoms with van der Waals surface area (Å²) >= 11 is 0. The molecule has 2 heterocycles. The second-order valence-corrected chi connectivity index (χ2v) is 4.62. The van der Waals surface area contributed by atoms with E-state index in [9.17, 15) is 0 Å². The molecule has 0 bridgehead atoms. The highest BCUT2D eigenvalue weighted by molar-refractivity contribution is 5.87. The Labute approximate surface area is 122 Å². The number of methoxy groups -OCH3 is 1. The Bertz CT molecular complexity index is 710. The van der Waals surface area contributed by atoms with Crippen molar-refractivity contribution >= 4 is 16.9 Å². The molecule has 1 N–H and O–H groups in total. The normalized spacial score (nSPS) is 10.9. The third-order valence-corrected chi connectivity index (χ3v) is 3.18. The monoisotopic (exact) mass is 283 g/mol. The largest absolute Gasteiger partial charge is 0.385 e. The van der Waals surface area contributed by atoms with Crippen LogP contribution in [-0.2, 0) is 4.74 Å². The van der Waals surface area contributed by atoms with Crippen molar-refractivity contribution in [2.45, 2.75) is 6.42 Å². The van der Waals surface area contributed by atoms with E-state index in [1.54, 1.807) is 19.6 Å². The Kier molecular flexibility index (Phi) is 4.07. The molecule has 2 aromatic heterocycles. The van der Waals surface area contributed by atoms with Crippen LogP contribution in [0.1, 0.15) is 6.42 Å². The van der Waals surface area contributed by atoms with Gasteiger partial charge in [0.1, 0.15) is 12.1 Å². The molecule has 0 atom stereocenters. The third-order valence-electron chi connectivity index (χ3n) is 3.18. The summed E-state index contributed by atoms with van der Waals surface area (Å²) in [7, 11) is 1.70. The fourth-order valence-electron chi connectivity index (χ4n) is 2.17. The molecule has 108 valence electrons. The molecule has 0 saturated carbocycles. The molecule has 0 radical (unpaired) electrons. The van der Waals surface area contributed by atoms with Gasteiger partial charge in [-0.3, -0.25) is 0 Å². The number of nitrogens with zero attached hydrogens (tertiary/aromatic N) is 4. The van der Waals surface area contributed by atoms with Gasteiger partial charge in [-0.15, -0.1) is 0 Å². The van der Waals surface area contributed by atoms with Gasteiger partial charge in [-0.25, -0.2) is 14.6 Å². The number of benzene rings is 1. The van der Waals surface area contributed by atoms with Crippen LogP contribution in [0, 0.1) is 0 Å². The lowest BCUT2D eigenvalue weighted by Crippen LogP contribution is -2.06. The van der Waals surface area contributed by atoms with Crippen LogP contribution in [0.5, 0.6) is 0 Å². The predicted octanol–water partition coefficient (Wildman–Crippen LogP) is 2.26. The lowest BCUT2D eigenvalue weighted by Gasteiger charge is -2.06. The van der Waals surface area contributed by atoms with Crippen molar-refractivity contribution in [3.63, 3.8) is 0 Å². The minimum Gasteiger partial charge on any atom is -0.385 e. The van der Waals surface area contributed by atoms with Gasteiger partial charge >= 0.3 is 0 Å². The summed E-state index contributed by atoms with van der Waals surface area (Å²) in [6, 6.07) is 9.94. The molecule has 6 nitrogen and oxygen atoms in total. The van der Waals surface area contributed by atoms with Crippen LogP contribution in [0.4, 0.5) is 5.82 Å². The minimum absolute atomic E-state index is 0.727. The molecule has 0 amide bonds. The maximum Gasteiger partial charge on any atom is 0.168 e. The first kappa shape index (κ1) is 13.5. The molecule has 0 aliphatic rings. The van der Waals surface area contributed by atoms with Gasteiger partial charge in [-0.1, -0.05) is 18.2 Å². The molecule has 0 aliphatic carbocycles. The van der Waals surface area contributed by atoms with Gasteiger partial charge in [0.05, 0.1) is 17.3 Å². The summed E-state index contributed by atoms with van der Waals surface area (Å²) in [5.41, 5.74) is 1.78.